The molecule has 1 atom stereocenters. The summed E-state index contributed by atoms with van der Waals surface area (Å²) < 4.78 is 0.777. The molecular formula is C12H16ClN5S. The van der Waals surface area contributed by atoms with Crippen LogP contribution in [0, 0.1) is 0 Å². The van der Waals surface area contributed by atoms with Gasteiger partial charge in [0.05, 0.1) is 10.4 Å². The van der Waals surface area contributed by atoms with E-state index in [1.54, 1.807) is 11.3 Å². The minimum Gasteiger partial charge on any atom is -0.368 e. The zero-order valence-electron chi connectivity index (χ0n) is 10.9. The van der Waals surface area contributed by atoms with E-state index in [1.807, 2.05) is 19.1 Å². The number of nitrogens with zero attached hydrogens (tertiary/aromatic N) is 3. The number of hydrogen-bond acceptors (Lipinski definition) is 6. The number of aromatic nitrogens is 3. The van der Waals surface area contributed by atoms with Crippen molar-refractivity contribution in [1.29, 1.82) is 0 Å². The van der Waals surface area contributed by atoms with Crippen LogP contribution in [0.3, 0.4) is 0 Å². The first-order valence-corrected chi connectivity index (χ1v) is 7.34. The fraction of sp³-hybridized carbons (Fsp3) is 0.417. The number of anilines is 2. The molecule has 0 unspecified atom stereocenters. The fourth-order valence-corrected chi connectivity index (χ4v) is 2.90. The molecule has 0 amide bonds. The van der Waals surface area contributed by atoms with E-state index in [9.17, 15) is 0 Å². The molecule has 0 aliphatic carbocycles. The van der Waals surface area contributed by atoms with Crippen molar-refractivity contribution in [2.45, 2.75) is 32.7 Å². The van der Waals surface area contributed by atoms with Crippen LogP contribution in [0.1, 0.15) is 37.0 Å². The number of aryl methyl sites for hydroxylation is 1. The summed E-state index contributed by atoms with van der Waals surface area (Å²) in [5, 5.41) is 3.28. The van der Waals surface area contributed by atoms with Gasteiger partial charge in [0.15, 0.2) is 0 Å². The van der Waals surface area contributed by atoms with E-state index in [-0.39, 0.29) is 12.0 Å². The van der Waals surface area contributed by atoms with Crippen LogP contribution in [0.5, 0.6) is 0 Å². The van der Waals surface area contributed by atoms with Gasteiger partial charge in [-0.1, -0.05) is 25.4 Å². The predicted molar refractivity (Wildman–Crippen MR) is 79.6 cm³/mol. The third-order valence-corrected chi connectivity index (χ3v) is 4.01. The SMILES string of the molecule is CCc1nc(N)nc(N[C@H](CC)c2ccc(Cl)s2)n1. The van der Waals surface area contributed by atoms with Gasteiger partial charge in [-0.2, -0.15) is 15.0 Å². The molecular weight excluding hydrogens is 282 g/mol. The highest BCUT2D eigenvalue weighted by atomic mass is 35.5. The second-order valence-corrected chi connectivity index (χ2v) is 5.78. The number of nitrogens with two attached hydrogens (primary N) is 1. The number of hydrogen-bond donors (Lipinski definition) is 2. The minimum atomic E-state index is 0.129. The lowest BCUT2D eigenvalue weighted by atomic mass is 10.2. The van der Waals surface area contributed by atoms with Crippen LogP contribution in [0.15, 0.2) is 12.1 Å². The molecule has 0 aliphatic heterocycles. The van der Waals surface area contributed by atoms with E-state index in [1.165, 1.54) is 0 Å². The number of nitrogen functional groups attached to an aromatic ring is 1. The normalized spacial score (nSPS) is 12.4. The summed E-state index contributed by atoms with van der Waals surface area (Å²) in [6.45, 7) is 4.07. The molecule has 2 aromatic rings. The van der Waals surface area contributed by atoms with Crippen LogP contribution < -0.4 is 11.1 Å². The second-order valence-electron chi connectivity index (χ2n) is 4.03. The highest BCUT2D eigenvalue weighted by Gasteiger charge is 2.14. The molecule has 0 radical (unpaired) electrons. The maximum atomic E-state index is 5.97. The average Bonchev–Trinajstić information content (AvgIpc) is 2.81. The van der Waals surface area contributed by atoms with Crippen LogP contribution in [0.25, 0.3) is 0 Å². The van der Waals surface area contributed by atoms with Gasteiger partial charge in [0.25, 0.3) is 0 Å². The van der Waals surface area contributed by atoms with Gasteiger partial charge >= 0.3 is 0 Å². The van der Waals surface area contributed by atoms with Crippen molar-refractivity contribution in [2.24, 2.45) is 0 Å². The molecule has 3 N–H and O–H groups in total. The van der Waals surface area contributed by atoms with Crippen molar-refractivity contribution in [3.05, 3.63) is 27.2 Å². The van der Waals surface area contributed by atoms with E-state index in [0.29, 0.717) is 11.8 Å². The quantitative estimate of drug-likeness (QED) is 0.885. The van der Waals surface area contributed by atoms with Gasteiger partial charge in [-0.15, -0.1) is 11.3 Å². The van der Waals surface area contributed by atoms with E-state index in [2.05, 4.69) is 27.2 Å². The lowest BCUT2D eigenvalue weighted by Crippen LogP contribution is -2.13. The van der Waals surface area contributed by atoms with Gasteiger partial charge in [-0.3, -0.25) is 0 Å². The molecule has 0 saturated carbocycles. The summed E-state index contributed by atoms with van der Waals surface area (Å²) in [6.07, 6.45) is 1.63. The van der Waals surface area contributed by atoms with Gasteiger partial charge in [0.2, 0.25) is 11.9 Å². The van der Waals surface area contributed by atoms with Crippen molar-refractivity contribution in [1.82, 2.24) is 15.0 Å². The number of halogens is 1. The van der Waals surface area contributed by atoms with Crippen LogP contribution in [0.2, 0.25) is 4.34 Å². The number of rotatable bonds is 5. The summed E-state index contributed by atoms with van der Waals surface area (Å²) >= 11 is 7.52. The Hall–Kier alpha value is -1.40. The minimum absolute atomic E-state index is 0.129. The Morgan fingerprint density at radius 1 is 1.32 bits per heavy atom. The van der Waals surface area contributed by atoms with E-state index in [0.717, 1.165) is 22.1 Å². The summed E-state index contributed by atoms with van der Waals surface area (Å²) in [5.74, 6) is 1.45. The molecule has 0 saturated heterocycles. The molecule has 0 bridgehead atoms. The van der Waals surface area contributed by atoms with Crippen molar-refractivity contribution in [3.8, 4) is 0 Å². The van der Waals surface area contributed by atoms with Gasteiger partial charge in [-0.25, -0.2) is 0 Å². The third-order valence-electron chi connectivity index (χ3n) is 2.66. The molecule has 2 rings (SSSR count). The Bertz CT molecular complexity index is 557. The number of thiophene rings is 1. The van der Waals surface area contributed by atoms with Crippen LogP contribution in [0.4, 0.5) is 11.9 Å². The zero-order valence-corrected chi connectivity index (χ0v) is 12.4. The highest BCUT2D eigenvalue weighted by molar-refractivity contribution is 7.16. The molecule has 0 aliphatic rings. The molecule has 2 aromatic heterocycles. The van der Waals surface area contributed by atoms with E-state index >= 15 is 0 Å². The lowest BCUT2D eigenvalue weighted by molar-refractivity contribution is 0.746. The first kappa shape index (κ1) is 14.0. The number of nitrogens with one attached hydrogen (secondary N) is 1. The largest absolute Gasteiger partial charge is 0.368 e. The molecule has 0 aromatic carbocycles. The Labute approximate surface area is 121 Å². The fourth-order valence-electron chi connectivity index (χ4n) is 1.71. The molecule has 102 valence electrons. The second kappa shape index (κ2) is 6.16. The smallest absolute Gasteiger partial charge is 0.228 e. The molecule has 0 fully saturated rings. The Kier molecular flexibility index (Phi) is 4.55. The van der Waals surface area contributed by atoms with Crippen molar-refractivity contribution < 1.29 is 0 Å². The van der Waals surface area contributed by atoms with Crippen molar-refractivity contribution in [3.63, 3.8) is 0 Å². The molecule has 2 heterocycles. The lowest BCUT2D eigenvalue weighted by Gasteiger charge is -2.15. The monoisotopic (exact) mass is 297 g/mol. The van der Waals surface area contributed by atoms with Crippen LogP contribution >= 0.6 is 22.9 Å². The van der Waals surface area contributed by atoms with Gasteiger partial charge < -0.3 is 11.1 Å². The Morgan fingerprint density at radius 3 is 2.68 bits per heavy atom. The predicted octanol–water partition coefficient (Wildman–Crippen LogP) is 3.29. The van der Waals surface area contributed by atoms with Crippen LogP contribution in [-0.2, 0) is 6.42 Å². The highest BCUT2D eigenvalue weighted by Crippen LogP contribution is 2.30. The van der Waals surface area contributed by atoms with Crippen LogP contribution in [-0.4, -0.2) is 15.0 Å². The van der Waals surface area contributed by atoms with Crippen molar-refractivity contribution in [2.75, 3.05) is 11.1 Å². The van der Waals surface area contributed by atoms with Gasteiger partial charge in [-0.05, 0) is 18.6 Å². The Morgan fingerprint density at radius 2 is 2.11 bits per heavy atom. The molecule has 7 heteroatoms. The first-order chi connectivity index (χ1) is 9.12. The van der Waals surface area contributed by atoms with Gasteiger partial charge in [0.1, 0.15) is 5.82 Å². The maximum absolute atomic E-state index is 5.97. The Balaban J connectivity index is 2.20. The summed E-state index contributed by atoms with van der Waals surface area (Å²) in [5.41, 5.74) is 5.67. The zero-order chi connectivity index (χ0) is 13.8. The topological polar surface area (TPSA) is 76.7 Å². The summed E-state index contributed by atoms with van der Waals surface area (Å²) in [6, 6.07) is 4.04. The van der Waals surface area contributed by atoms with Gasteiger partial charge in [0, 0.05) is 11.3 Å². The molecule has 0 spiro atoms. The maximum Gasteiger partial charge on any atom is 0.228 e. The third kappa shape index (κ3) is 3.54. The summed E-state index contributed by atoms with van der Waals surface area (Å²) in [7, 11) is 0. The standard InChI is InChI=1S/C12H16ClN5S/c1-3-7(8-5-6-9(13)19-8)15-12-17-10(4-2)16-11(14)18-12/h5-7H,3-4H2,1-2H3,(H3,14,15,16,17,18)/t7-/m1/s1. The summed E-state index contributed by atoms with van der Waals surface area (Å²) in [4.78, 5) is 13.7. The molecule has 19 heavy (non-hydrogen) atoms. The van der Waals surface area contributed by atoms with E-state index < -0.39 is 0 Å². The molecule has 5 nitrogen and oxygen atoms in total. The van der Waals surface area contributed by atoms with E-state index in [4.69, 9.17) is 17.3 Å². The van der Waals surface area contributed by atoms with Crippen molar-refractivity contribution >= 4 is 34.8 Å². The average molecular weight is 298 g/mol. The first-order valence-electron chi connectivity index (χ1n) is 6.14.